The number of hydrogen-bond donors (Lipinski definition) is 0. The summed E-state index contributed by atoms with van der Waals surface area (Å²) < 4.78 is 0. The van der Waals surface area contributed by atoms with E-state index in [0.29, 0.717) is 0 Å². The molecule has 0 aliphatic rings. The van der Waals surface area contributed by atoms with Crippen LogP contribution >= 0.6 is 0 Å². The summed E-state index contributed by atoms with van der Waals surface area (Å²) in [6.07, 6.45) is 0. The molecule has 0 unspecified atom stereocenters. The molecule has 0 heterocycles. The van der Waals surface area contributed by atoms with Gasteiger partial charge in [0.15, 0.2) is 0 Å². The van der Waals surface area contributed by atoms with Crippen LogP contribution in [0.5, 0.6) is 0 Å². The third-order valence-corrected chi connectivity index (χ3v) is 0. The second kappa shape index (κ2) is 1.00. The van der Waals surface area contributed by atoms with E-state index in [1.54, 1.807) is 0 Å². The van der Waals surface area contributed by atoms with Crippen molar-refractivity contribution >= 4 is 0 Å². The predicted octanol–water partition coefficient (Wildman–Crippen LogP) is 1.74. The van der Waals surface area contributed by atoms with Gasteiger partial charge in [0, 0.05) is 0 Å². The van der Waals surface area contributed by atoms with E-state index in [1.165, 1.54) is 0 Å². The Morgan fingerprint density at radius 3 is 1.20 bits per heavy atom. The maximum absolute atomic E-state index is 5.35. The van der Waals surface area contributed by atoms with Gasteiger partial charge in [0.2, 0.25) is 0 Å². The van der Waals surface area contributed by atoms with Gasteiger partial charge in [-0.2, -0.15) is 0 Å². The summed E-state index contributed by atoms with van der Waals surface area (Å²) in [7, 11) is 0. The van der Waals surface area contributed by atoms with Gasteiger partial charge in [-0.15, -0.1) is 0 Å². The largest absolute Gasteiger partial charge is 0.0599 e. The van der Waals surface area contributed by atoms with Gasteiger partial charge in [-0.05, 0) is 12.3 Å². The van der Waals surface area contributed by atoms with Crippen molar-refractivity contribution in [3.8, 4) is 0 Å². The summed E-state index contributed by atoms with van der Waals surface area (Å²) >= 11 is 0. The fraction of sp³-hybridized carbons (Fsp3) is 0.800. The fourth-order valence-corrected chi connectivity index (χ4v) is 0. The lowest BCUT2D eigenvalue weighted by molar-refractivity contribution is 0.539. The lowest BCUT2D eigenvalue weighted by Crippen LogP contribution is -1.94. The zero-order valence-corrected chi connectivity index (χ0v) is 4.08. The monoisotopic (exact) mass is 70.1 g/mol. The van der Waals surface area contributed by atoms with Crippen LogP contribution in [-0.4, -0.2) is 0 Å². The molecule has 30 valence electrons. The molecular formula is C5H10. The Kier molecular flexibility index (Phi) is 1.00. The van der Waals surface area contributed by atoms with Crippen molar-refractivity contribution in [3.63, 3.8) is 0 Å². The first kappa shape index (κ1) is 5.00. The highest BCUT2D eigenvalue weighted by Gasteiger charge is 1.96. The molecule has 0 saturated carbocycles. The van der Waals surface area contributed by atoms with Crippen LogP contribution in [0.4, 0.5) is 0 Å². The second-order valence-electron chi connectivity index (χ2n) is 2.37. The van der Waals surface area contributed by atoms with Crippen LogP contribution in [0.3, 0.4) is 0 Å². The molecule has 2 radical (unpaired) electrons. The molecule has 0 fully saturated rings. The summed E-state index contributed by atoms with van der Waals surface area (Å²) in [5.41, 5.74) is 0. The van der Waals surface area contributed by atoms with E-state index >= 15 is 0 Å². The molecule has 0 N–H and O–H groups in total. The molecule has 0 aromatic carbocycles. The van der Waals surface area contributed by atoms with Crippen molar-refractivity contribution in [1.29, 1.82) is 0 Å². The van der Waals surface area contributed by atoms with Gasteiger partial charge in [-0.3, -0.25) is 0 Å². The zero-order valence-electron chi connectivity index (χ0n) is 4.08. The van der Waals surface area contributed by atoms with E-state index in [9.17, 15) is 0 Å². The highest BCUT2D eigenvalue weighted by Crippen LogP contribution is 2.07. The molecule has 0 aromatic heterocycles. The Labute approximate surface area is 34.2 Å². The molecule has 0 amide bonds. The minimum Gasteiger partial charge on any atom is -0.0599 e. The van der Waals surface area contributed by atoms with Crippen LogP contribution in [0.15, 0.2) is 0 Å². The van der Waals surface area contributed by atoms with Crippen LogP contribution < -0.4 is 0 Å². The predicted molar refractivity (Wildman–Crippen MR) is 23.8 cm³/mol. The lowest BCUT2D eigenvalue weighted by atomic mass is 10.0. The molecule has 5 heavy (non-hydrogen) atoms. The molecule has 0 saturated heterocycles. The normalized spacial score (nSPS) is 12.0. The first-order valence-corrected chi connectivity index (χ1v) is 1.79. The summed E-state index contributed by atoms with van der Waals surface area (Å²) in [6.45, 7) is 11.2. The molecule has 0 nitrogen and oxygen atoms in total. The molecule has 0 rings (SSSR count). The smallest absolute Gasteiger partial charge is 0.0293 e. The van der Waals surface area contributed by atoms with Crippen molar-refractivity contribution in [2.24, 2.45) is 5.41 Å². The quantitative estimate of drug-likeness (QED) is 0.407. The standard InChI is InChI=1S/C5H10/c1-5(2,3)4/h1H,2-4H3. The van der Waals surface area contributed by atoms with E-state index in [-0.39, 0.29) is 5.41 Å². The van der Waals surface area contributed by atoms with E-state index in [2.05, 4.69) is 0 Å². The maximum atomic E-state index is 5.35. The summed E-state index contributed by atoms with van der Waals surface area (Å²) in [5, 5.41) is 0. The first-order chi connectivity index (χ1) is 2.00. The highest BCUT2D eigenvalue weighted by molar-refractivity contribution is 4.60. The van der Waals surface area contributed by atoms with Crippen molar-refractivity contribution in [1.82, 2.24) is 0 Å². The van der Waals surface area contributed by atoms with Gasteiger partial charge in [0.05, 0.1) is 0 Å². The molecule has 0 aliphatic heterocycles. The third kappa shape index (κ3) is 0. The molecule has 0 aliphatic carbocycles. The van der Waals surface area contributed by atoms with Crippen LogP contribution in [0, 0.1) is 12.3 Å². The fourth-order valence-electron chi connectivity index (χ4n) is 0. The average Bonchev–Trinajstić information content (AvgIpc) is 0.722. The minimum absolute atomic E-state index is 0. The van der Waals surface area contributed by atoms with E-state index in [4.69, 9.17) is 6.92 Å². The van der Waals surface area contributed by atoms with Crippen LogP contribution in [0.1, 0.15) is 20.8 Å². The molecule has 0 aromatic rings. The van der Waals surface area contributed by atoms with Crippen molar-refractivity contribution in [3.05, 3.63) is 6.92 Å². The summed E-state index contributed by atoms with van der Waals surface area (Å²) in [6, 6.07) is 0. The SMILES string of the molecule is [CH]C(C)(C)C. The zero-order chi connectivity index (χ0) is 4.50. The van der Waals surface area contributed by atoms with Gasteiger partial charge in [0.25, 0.3) is 0 Å². The van der Waals surface area contributed by atoms with Gasteiger partial charge in [-0.25, -0.2) is 0 Å². The van der Waals surface area contributed by atoms with E-state index < -0.39 is 0 Å². The number of rotatable bonds is 0. The topological polar surface area (TPSA) is 0 Å². The minimum atomic E-state index is 0. The highest BCUT2D eigenvalue weighted by atomic mass is 14.0. The van der Waals surface area contributed by atoms with Crippen molar-refractivity contribution < 1.29 is 0 Å². The van der Waals surface area contributed by atoms with Crippen molar-refractivity contribution in [2.75, 3.05) is 0 Å². The van der Waals surface area contributed by atoms with Gasteiger partial charge >= 0.3 is 0 Å². The Bertz CT molecular complexity index is 15.5. The van der Waals surface area contributed by atoms with Crippen LogP contribution in [0.2, 0.25) is 0 Å². The number of hydrogen-bond acceptors (Lipinski definition) is 0. The molecule has 0 spiro atoms. The third-order valence-electron chi connectivity index (χ3n) is 0. The maximum Gasteiger partial charge on any atom is -0.0293 e. The van der Waals surface area contributed by atoms with Crippen molar-refractivity contribution in [2.45, 2.75) is 20.8 Å². The van der Waals surface area contributed by atoms with Crippen LogP contribution in [-0.2, 0) is 0 Å². The Morgan fingerprint density at radius 2 is 1.20 bits per heavy atom. The molecule has 0 heteroatoms. The lowest BCUT2D eigenvalue weighted by Gasteiger charge is -2.04. The van der Waals surface area contributed by atoms with Gasteiger partial charge < -0.3 is 0 Å². The first-order valence-electron chi connectivity index (χ1n) is 1.79. The second-order valence-corrected chi connectivity index (χ2v) is 2.37. The van der Waals surface area contributed by atoms with E-state index in [0.717, 1.165) is 0 Å². The molecule has 0 bridgehead atoms. The average molecular weight is 70.1 g/mol. The Morgan fingerprint density at radius 1 is 1.20 bits per heavy atom. The Hall–Kier alpha value is 0. The van der Waals surface area contributed by atoms with Gasteiger partial charge in [-0.1, -0.05) is 20.8 Å². The molecular weight excluding hydrogens is 60.1 g/mol. The van der Waals surface area contributed by atoms with Crippen LogP contribution in [0.25, 0.3) is 0 Å². The summed E-state index contributed by atoms with van der Waals surface area (Å²) in [4.78, 5) is 0. The Balaban J connectivity index is 3.02. The van der Waals surface area contributed by atoms with E-state index in [1.807, 2.05) is 20.8 Å². The molecule has 0 atom stereocenters. The summed E-state index contributed by atoms with van der Waals surface area (Å²) in [5.74, 6) is 0. The van der Waals surface area contributed by atoms with Gasteiger partial charge in [0.1, 0.15) is 0 Å².